The summed E-state index contributed by atoms with van der Waals surface area (Å²) in [6.45, 7) is 4.77. The first kappa shape index (κ1) is 25.6. The predicted octanol–water partition coefficient (Wildman–Crippen LogP) is 5.56. The van der Waals surface area contributed by atoms with Gasteiger partial charge in [-0.25, -0.2) is 0 Å². The Kier molecular flexibility index (Phi) is 8.88. The highest BCUT2D eigenvalue weighted by atomic mass is 16.1. The molecule has 0 saturated carbocycles. The largest absolute Gasteiger partial charge is 0.348 e. The molecule has 0 aromatic heterocycles. The fourth-order valence-corrected chi connectivity index (χ4v) is 4.60. The molecule has 4 aromatic carbocycles. The average molecular weight is 480 g/mol. The number of hydrogen-bond acceptors (Lipinski definition) is 3. The van der Waals surface area contributed by atoms with E-state index < -0.39 is 0 Å². The van der Waals surface area contributed by atoms with E-state index in [0.717, 1.165) is 38.0 Å². The van der Waals surface area contributed by atoms with Crippen LogP contribution in [0.1, 0.15) is 28.4 Å². The zero-order valence-corrected chi connectivity index (χ0v) is 21.6. The normalized spacial score (nSPS) is 12.1. The van der Waals surface area contributed by atoms with Crippen LogP contribution in [-0.2, 0) is 12.8 Å². The maximum atomic E-state index is 13.2. The molecule has 36 heavy (non-hydrogen) atoms. The minimum absolute atomic E-state index is 0.00165. The second-order valence-corrected chi connectivity index (χ2v) is 9.55. The molecule has 1 amide bonds. The molecule has 2 N–H and O–H groups in total. The molecule has 0 bridgehead atoms. The highest BCUT2D eigenvalue weighted by Gasteiger charge is 2.17. The molecule has 0 heterocycles. The van der Waals surface area contributed by atoms with Crippen molar-refractivity contribution in [2.75, 3.05) is 33.7 Å². The van der Waals surface area contributed by atoms with Crippen LogP contribution in [-0.4, -0.2) is 50.6 Å². The number of aryl methyl sites for hydroxylation is 1. The molecule has 1 atom stereocenters. The Labute approximate surface area is 215 Å². The van der Waals surface area contributed by atoms with Gasteiger partial charge in [-0.3, -0.25) is 4.79 Å². The van der Waals surface area contributed by atoms with E-state index in [0.29, 0.717) is 5.56 Å². The summed E-state index contributed by atoms with van der Waals surface area (Å²) in [5.41, 5.74) is 5.53. The van der Waals surface area contributed by atoms with Crippen LogP contribution in [0, 0.1) is 0 Å². The van der Waals surface area contributed by atoms with E-state index in [4.69, 9.17) is 0 Å². The molecule has 0 radical (unpaired) electrons. The van der Waals surface area contributed by atoms with Crippen LogP contribution in [0.5, 0.6) is 0 Å². The van der Waals surface area contributed by atoms with Gasteiger partial charge < -0.3 is 15.5 Å². The molecule has 4 heteroatoms. The molecule has 0 aliphatic rings. The van der Waals surface area contributed by atoms with Crippen LogP contribution >= 0.6 is 0 Å². The number of fused-ring (bicyclic) bond motifs is 1. The fraction of sp³-hybridized carbons (Fsp3) is 0.281. The third-order valence-corrected chi connectivity index (χ3v) is 6.75. The number of nitrogens with zero attached hydrogens (tertiary/aromatic N) is 1. The Morgan fingerprint density at radius 1 is 0.833 bits per heavy atom. The predicted molar refractivity (Wildman–Crippen MR) is 152 cm³/mol. The minimum atomic E-state index is -0.0318. The zero-order valence-electron chi connectivity index (χ0n) is 21.6. The van der Waals surface area contributed by atoms with Gasteiger partial charge in [-0.05, 0) is 72.1 Å². The van der Waals surface area contributed by atoms with E-state index in [-0.39, 0.29) is 11.9 Å². The molecule has 0 aliphatic carbocycles. The van der Waals surface area contributed by atoms with Crippen LogP contribution < -0.4 is 10.6 Å². The molecule has 4 nitrogen and oxygen atoms in total. The summed E-state index contributed by atoms with van der Waals surface area (Å²) < 4.78 is 0. The number of hydrogen-bond donors (Lipinski definition) is 2. The lowest BCUT2D eigenvalue weighted by Gasteiger charge is -2.25. The van der Waals surface area contributed by atoms with E-state index in [1.54, 1.807) is 0 Å². The fourth-order valence-electron chi connectivity index (χ4n) is 4.60. The molecule has 4 aromatic rings. The molecule has 0 saturated heterocycles. The van der Waals surface area contributed by atoms with E-state index in [1.165, 1.54) is 27.5 Å². The summed E-state index contributed by atoms with van der Waals surface area (Å²) in [6.07, 6.45) is 1.81. The van der Waals surface area contributed by atoms with Gasteiger partial charge >= 0.3 is 0 Å². The summed E-state index contributed by atoms with van der Waals surface area (Å²) in [7, 11) is 4.07. The van der Waals surface area contributed by atoms with E-state index in [1.807, 2.05) is 31.3 Å². The van der Waals surface area contributed by atoms with E-state index in [2.05, 4.69) is 96.2 Å². The van der Waals surface area contributed by atoms with Crippen molar-refractivity contribution < 1.29 is 4.79 Å². The van der Waals surface area contributed by atoms with Crippen molar-refractivity contribution in [1.29, 1.82) is 0 Å². The molecule has 0 aliphatic heterocycles. The number of amides is 1. The number of carbonyl (C=O) groups is 1. The Bertz CT molecular complexity index is 1260. The van der Waals surface area contributed by atoms with Crippen molar-refractivity contribution in [2.45, 2.75) is 25.8 Å². The molecule has 4 rings (SSSR count). The number of likely N-dealkylation sites (N-methyl/N-ethyl adjacent to an activating group) is 2. The highest BCUT2D eigenvalue weighted by Crippen LogP contribution is 2.21. The number of rotatable bonds is 11. The first-order valence-electron chi connectivity index (χ1n) is 12.9. The lowest BCUT2D eigenvalue weighted by Crippen LogP contribution is -2.45. The monoisotopic (exact) mass is 479 g/mol. The van der Waals surface area contributed by atoms with Crippen molar-refractivity contribution in [2.24, 2.45) is 0 Å². The second-order valence-electron chi connectivity index (χ2n) is 9.55. The van der Waals surface area contributed by atoms with Crippen molar-refractivity contribution in [3.63, 3.8) is 0 Å². The summed E-state index contributed by atoms with van der Waals surface area (Å²) in [5.74, 6) is -0.0318. The third kappa shape index (κ3) is 6.81. The van der Waals surface area contributed by atoms with Gasteiger partial charge in [0.2, 0.25) is 0 Å². The van der Waals surface area contributed by atoms with E-state index >= 15 is 0 Å². The van der Waals surface area contributed by atoms with Gasteiger partial charge in [0.15, 0.2) is 0 Å². The van der Waals surface area contributed by atoms with Crippen LogP contribution in [0.15, 0.2) is 91.0 Å². The first-order valence-corrected chi connectivity index (χ1v) is 12.9. The van der Waals surface area contributed by atoms with Gasteiger partial charge in [0.1, 0.15) is 0 Å². The lowest BCUT2D eigenvalue weighted by molar-refractivity contribution is 0.0928. The SMILES string of the molecule is CCc1ccc(-c2ccc(C(=O)N[C@H](Cc3ccc4ccccc4c3)CN(C)CCNC)cc2)cc1. The van der Waals surface area contributed by atoms with Crippen LogP contribution in [0.25, 0.3) is 21.9 Å². The number of nitrogens with one attached hydrogen (secondary N) is 2. The van der Waals surface area contributed by atoms with Crippen LogP contribution in [0.4, 0.5) is 0 Å². The standard InChI is InChI=1S/C32H37N3O/c1-4-24-9-12-27(13-10-24)28-15-17-29(18-16-28)32(36)34-31(23-35(3)20-19-33-2)22-25-11-14-26-7-5-6-8-30(26)21-25/h5-18,21,31,33H,4,19-20,22-23H2,1-3H3,(H,34,36)/t31-/m1/s1. The lowest BCUT2D eigenvalue weighted by atomic mass is 10.00. The molecule has 0 fully saturated rings. The zero-order chi connectivity index (χ0) is 25.3. The Morgan fingerprint density at radius 3 is 2.14 bits per heavy atom. The van der Waals surface area contributed by atoms with Gasteiger partial charge in [0.25, 0.3) is 5.91 Å². The summed E-state index contributed by atoms with van der Waals surface area (Å²) in [5, 5.41) is 8.98. The molecule has 186 valence electrons. The number of benzene rings is 4. The Balaban J connectivity index is 1.48. The quantitative estimate of drug-likeness (QED) is 0.296. The molecular weight excluding hydrogens is 442 g/mol. The Hall–Kier alpha value is -3.47. The first-order chi connectivity index (χ1) is 17.6. The third-order valence-electron chi connectivity index (χ3n) is 6.75. The molecule has 0 spiro atoms. The van der Waals surface area contributed by atoms with Crippen molar-refractivity contribution in [3.8, 4) is 11.1 Å². The maximum Gasteiger partial charge on any atom is 0.251 e. The highest BCUT2D eigenvalue weighted by molar-refractivity contribution is 5.95. The minimum Gasteiger partial charge on any atom is -0.348 e. The van der Waals surface area contributed by atoms with Crippen LogP contribution in [0.2, 0.25) is 0 Å². The van der Waals surface area contributed by atoms with Gasteiger partial charge in [-0.15, -0.1) is 0 Å². The van der Waals surface area contributed by atoms with Gasteiger partial charge in [-0.1, -0.05) is 85.8 Å². The van der Waals surface area contributed by atoms with Crippen molar-refractivity contribution in [3.05, 3.63) is 108 Å². The topological polar surface area (TPSA) is 44.4 Å². The molecular formula is C32H37N3O. The van der Waals surface area contributed by atoms with E-state index in [9.17, 15) is 4.79 Å². The average Bonchev–Trinajstić information content (AvgIpc) is 2.92. The van der Waals surface area contributed by atoms with Gasteiger partial charge in [0.05, 0.1) is 0 Å². The maximum absolute atomic E-state index is 13.2. The summed E-state index contributed by atoms with van der Waals surface area (Å²) in [4.78, 5) is 15.5. The second kappa shape index (κ2) is 12.5. The van der Waals surface area contributed by atoms with Crippen molar-refractivity contribution >= 4 is 16.7 Å². The smallest absolute Gasteiger partial charge is 0.251 e. The summed E-state index contributed by atoms with van der Waals surface area (Å²) >= 11 is 0. The number of carbonyl (C=O) groups excluding carboxylic acids is 1. The van der Waals surface area contributed by atoms with Gasteiger partial charge in [-0.2, -0.15) is 0 Å². The van der Waals surface area contributed by atoms with Crippen LogP contribution in [0.3, 0.4) is 0 Å². The van der Waals surface area contributed by atoms with Crippen molar-refractivity contribution in [1.82, 2.24) is 15.5 Å². The van der Waals surface area contributed by atoms with Gasteiger partial charge in [0, 0.05) is 31.2 Å². The molecule has 0 unspecified atom stereocenters. The Morgan fingerprint density at radius 2 is 1.47 bits per heavy atom. The summed E-state index contributed by atoms with van der Waals surface area (Å²) in [6, 6.07) is 31.5.